The van der Waals surface area contributed by atoms with Gasteiger partial charge in [0.25, 0.3) is 0 Å². The Morgan fingerprint density at radius 3 is 2.89 bits per heavy atom. The number of hydrogen-bond donors (Lipinski definition) is 2. The number of carbonyl (C=O) groups is 1. The number of anilines is 1. The lowest BCUT2D eigenvalue weighted by molar-refractivity contribution is -0.119. The van der Waals surface area contributed by atoms with Crippen LogP contribution in [0.15, 0.2) is 18.2 Å². The number of nitrogens with zero attached hydrogens (tertiary/aromatic N) is 1. The van der Waals surface area contributed by atoms with Crippen LogP contribution in [0, 0.1) is 0 Å². The van der Waals surface area contributed by atoms with Crippen LogP contribution in [0.25, 0.3) is 0 Å². The summed E-state index contributed by atoms with van der Waals surface area (Å²) < 4.78 is 0. The lowest BCUT2D eigenvalue weighted by Crippen LogP contribution is -2.36. The lowest BCUT2D eigenvalue weighted by Gasteiger charge is -2.22. The highest BCUT2D eigenvalue weighted by Gasteiger charge is 2.23. The van der Waals surface area contributed by atoms with Crippen molar-refractivity contribution in [3.8, 4) is 0 Å². The van der Waals surface area contributed by atoms with Crippen LogP contribution in [-0.4, -0.2) is 25.5 Å². The van der Waals surface area contributed by atoms with E-state index in [1.54, 1.807) is 0 Å². The van der Waals surface area contributed by atoms with Gasteiger partial charge in [-0.2, -0.15) is 0 Å². The van der Waals surface area contributed by atoms with Gasteiger partial charge in [0.2, 0.25) is 5.91 Å². The molecule has 0 saturated heterocycles. The lowest BCUT2D eigenvalue weighted by atomic mass is 10.1. The van der Waals surface area contributed by atoms with E-state index in [1.807, 2.05) is 30.1 Å². The fourth-order valence-corrected chi connectivity index (χ4v) is 2.03. The SMILES string of the molecule is CN(CC(=O)NC1CC1)c1cc(Cl)ccc1CN. The quantitative estimate of drug-likeness (QED) is 0.850. The van der Waals surface area contributed by atoms with E-state index in [0.717, 1.165) is 24.1 Å². The van der Waals surface area contributed by atoms with Gasteiger partial charge in [0.1, 0.15) is 0 Å². The van der Waals surface area contributed by atoms with Gasteiger partial charge in [0, 0.05) is 30.3 Å². The Morgan fingerprint density at radius 1 is 1.56 bits per heavy atom. The van der Waals surface area contributed by atoms with Crippen molar-refractivity contribution in [2.24, 2.45) is 5.73 Å². The molecule has 0 unspecified atom stereocenters. The van der Waals surface area contributed by atoms with Gasteiger partial charge in [-0.05, 0) is 30.5 Å². The minimum absolute atomic E-state index is 0.0444. The van der Waals surface area contributed by atoms with Crippen molar-refractivity contribution in [2.75, 3.05) is 18.5 Å². The third kappa shape index (κ3) is 3.37. The number of rotatable bonds is 5. The van der Waals surface area contributed by atoms with Crippen molar-refractivity contribution in [2.45, 2.75) is 25.4 Å². The minimum Gasteiger partial charge on any atom is -0.365 e. The molecule has 1 amide bonds. The molecule has 4 nitrogen and oxygen atoms in total. The number of hydrogen-bond acceptors (Lipinski definition) is 3. The highest BCUT2D eigenvalue weighted by Crippen LogP contribution is 2.24. The number of likely N-dealkylation sites (N-methyl/N-ethyl adjacent to an activating group) is 1. The molecule has 3 N–H and O–H groups in total. The molecule has 1 aromatic rings. The molecular formula is C13H18ClN3O. The molecule has 1 aliphatic rings. The Hall–Kier alpha value is -1.26. The maximum absolute atomic E-state index is 11.7. The average molecular weight is 268 g/mol. The summed E-state index contributed by atoms with van der Waals surface area (Å²) in [5.41, 5.74) is 7.59. The van der Waals surface area contributed by atoms with E-state index >= 15 is 0 Å². The second kappa shape index (κ2) is 5.59. The molecule has 1 aliphatic carbocycles. The summed E-state index contributed by atoms with van der Waals surface area (Å²) in [5.74, 6) is 0.0444. The Labute approximate surface area is 112 Å². The van der Waals surface area contributed by atoms with E-state index in [0.29, 0.717) is 24.2 Å². The molecule has 5 heteroatoms. The molecule has 1 aromatic carbocycles. The zero-order valence-corrected chi connectivity index (χ0v) is 11.2. The van der Waals surface area contributed by atoms with Gasteiger partial charge in [-0.1, -0.05) is 17.7 Å². The Bertz CT molecular complexity index is 446. The number of nitrogens with one attached hydrogen (secondary N) is 1. The van der Waals surface area contributed by atoms with Crippen molar-refractivity contribution in [1.82, 2.24) is 5.32 Å². The number of benzene rings is 1. The van der Waals surface area contributed by atoms with Crippen LogP contribution in [0.1, 0.15) is 18.4 Å². The van der Waals surface area contributed by atoms with Crippen LogP contribution in [0.2, 0.25) is 5.02 Å². The van der Waals surface area contributed by atoms with Gasteiger partial charge >= 0.3 is 0 Å². The number of carbonyl (C=O) groups excluding carboxylic acids is 1. The molecule has 1 fully saturated rings. The smallest absolute Gasteiger partial charge is 0.239 e. The van der Waals surface area contributed by atoms with E-state index in [4.69, 9.17) is 17.3 Å². The molecule has 0 bridgehead atoms. The zero-order chi connectivity index (χ0) is 13.1. The second-order valence-electron chi connectivity index (χ2n) is 4.68. The largest absolute Gasteiger partial charge is 0.365 e. The zero-order valence-electron chi connectivity index (χ0n) is 10.4. The van der Waals surface area contributed by atoms with Crippen LogP contribution in [0.4, 0.5) is 5.69 Å². The van der Waals surface area contributed by atoms with E-state index in [9.17, 15) is 4.79 Å². The van der Waals surface area contributed by atoms with Crippen LogP contribution >= 0.6 is 11.6 Å². The molecule has 0 spiro atoms. The van der Waals surface area contributed by atoms with E-state index in [2.05, 4.69) is 5.32 Å². The summed E-state index contributed by atoms with van der Waals surface area (Å²) in [4.78, 5) is 13.6. The molecule has 2 rings (SSSR count). The molecule has 0 atom stereocenters. The summed E-state index contributed by atoms with van der Waals surface area (Å²) in [6.45, 7) is 0.755. The van der Waals surface area contributed by atoms with Crippen LogP contribution < -0.4 is 16.0 Å². The first-order valence-electron chi connectivity index (χ1n) is 6.09. The van der Waals surface area contributed by atoms with Crippen LogP contribution in [0.3, 0.4) is 0 Å². The third-order valence-electron chi connectivity index (χ3n) is 3.00. The maximum atomic E-state index is 11.7. The van der Waals surface area contributed by atoms with Gasteiger partial charge in [0.15, 0.2) is 0 Å². The molecule has 98 valence electrons. The normalized spacial score (nSPS) is 14.4. The van der Waals surface area contributed by atoms with E-state index in [1.165, 1.54) is 0 Å². The Kier molecular flexibility index (Phi) is 4.09. The summed E-state index contributed by atoms with van der Waals surface area (Å²) >= 11 is 5.98. The monoisotopic (exact) mass is 267 g/mol. The molecular weight excluding hydrogens is 250 g/mol. The first-order valence-corrected chi connectivity index (χ1v) is 6.47. The summed E-state index contributed by atoms with van der Waals surface area (Å²) in [5, 5.41) is 3.61. The second-order valence-corrected chi connectivity index (χ2v) is 5.11. The third-order valence-corrected chi connectivity index (χ3v) is 3.24. The average Bonchev–Trinajstić information content (AvgIpc) is 3.12. The van der Waals surface area contributed by atoms with Crippen LogP contribution in [-0.2, 0) is 11.3 Å². The maximum Gasteiger partial charge on any atom is 0.239 e. The molecule has 0 radical (unpaired) electrons. The van der Waals surface area contributed by atoms with Gasteiger partial charge in [-0.15, -0.1) is 0 Å². The predicted octanol–water partition coefficient (Wildman–Crippen LogP) is 1.51. The molecule has 0 aliphatic heterocycles. The summed E-state index contributed by atoms with van der Waals surface area (Å²) in [7, 11) is 1.87. The van der Waals surface area contributed by atoms with Crippen molar-refractivity contribution >= 4 is 23.2 Å². The van der Waals surface area contributed by atoms with Crippen molar-refractivity contribution in [3.63, 3.8) is 0 Å². The molecule has 0 aromatic heterocycles. The number of amides is 1. The molecule has 18 heavy (non-hydrogen) atoms. The van der Waals surface area contributed by atoms with Crippen LogP contribution in [0.5, 0.6) is 0 Å². The number of nitrogens with two attached hydrogens (primary N) is 1. The first-order chi connectivity index (χ1) is 8.60. The minimum atomic E-state index is 0.0444. The first kappa shape index (κ1) is 13.2. The predicted molar refractivity (Wildman–Crippen MR) is 73.8 cm³/mol. The van der Waals surface area contributed by atoms with Gasteiger partial charge in [-0.3, -0.25) is 4.79 Å². The molecule has 1 saturated carbocycles. The highest BCUT2D eigenvalue weighted by molar-refractivity contribution is 6.30. The fraction of sp³-hybridized carbons (Fsp3) is 0.462. The van der Waals surface area contributed by atoms with E-state index in [-0.39, 0.29) is 5.91 Å². The van der Waals surface area contributed by atoms with Gasteiger partial charge in [0.05, 0.1) is 6.54 Å². The highest BCUT2D eigenvalue weighted by atomic mass is 35.5. The fourth-order valence-electron chi connectivity index (χ4n) is 1.87. The summed E-state index contributed by atoms with van der Waals surface area (Å²) in [6.07, 6.45) is 2.20. The number of halogens is 1. The standard InChI is InChI=1S/C13H18ClN3O/c1-17(8-13(18)16-11-4-5-11)12-6-10(14)3-2-9(12)7-15/h2-3,6,11H,4-5,7-8,15H2,1H3,(H,16,18). The van der Waals surface area contributed by atoms with E-state index < -0.39 is 0 Å². The van der Waals surface area contributed by atoms with Gasteiger partial charge < -0.3 is 16.0 Å². The van der Waals surface area contributed by atoms with Crippen molar-refractivity contribution in [1.29, 1.82) is 0 Å². The van der Waals surface area contributed by atoms with Gasteiger partial charge in [-0.25, -0.2) is 0 Å². The summed E-state index contributed by atoms with van der Waals surface area (Å²) in [6, 6.07) is 5.94. The Balaban J connectivity index is 2.04. The molecule has 0 heterocycles. The van der Waals surface area contributed by atoms with Crippen molar-refractivity contribution < 1.29 is 4.79 Å². The Morgan fingerprint density at radius 2 is 2.28 bits per heavy atom. The van der Waals surface area contributed by atoms with Crippen molar-refractivity contribution in [3.05, 3.63) is 28.8 Å². The topological polar surface area (TPSA) is 58.4 Å².